The molecule has 25 heavy (non-hydrogen) atoms. The van der Waals surface area contributed by atoms with Crippen LogP contribution in [0.1, 0.15) is 5.56 Å². The number of likely N-dealkylation sites (N-methyl/N-ethyl adjacent to an activating group) is 1. The highest BCUT2D eigenvalue weighted by molar-refractivity contribution is 7.07. The predicted molar refractivity (Wildman–Crippen MR) is 92.2 cm³/mol. The molecular weight excluding hydrogens is 344 g/mol. The molecule has 0 saturated heterocycles. The predicted octanol–water partition coefficient (Wildman–Crippen LogP) is 1.86. The van der Waals surface area contributed by atoms with Crippen LogP contribution in [0.5, 0.6) is 0 Å². The maximum absolute atomic E-state index is 12.0. The van der Waals surface area contributed by atoms with Gasteiger partial charge >= 0.3 is 11.7 Å². The molecule has 0 N–H and O–H groups in total. The van der Waals surface area contributed by atoms with Crippen molar-refractivity contribution in [2.75, 3.05) is 13.7 Å². The lowest BCUT2D eigenvalue weighted by molar-refractivity contribution is -0.152. The fourth-order valence-electron chi connectivity index (χ4n) is 2.34. The molecule has 1 aromatic carbocycles. The van der Waals surface area contributed by atoms with E-state index in [0.29, 0.717) is 17.6 Å². The zero-order chi connectivity index (χ0) is 17.8. The van der Waals surface area contributed by atoms with E-state index in [1.54, 1.807) is 42.6 Å². The van der Waals surface area contributed by atoms with E-state index in [1.807, 2.05) is 16.8 Å². The molecule has 0 bridgehead atoms. The van der Waals surface area contributed by atoms with Crippen LogP contribution >= 0.6 is 11.3 Å². The molecule has 2 aromatic heterocycles. The van der Waals surface area contributed by atoms with E-state index < -0.39 is 11.7 Å². The van der Waals surface area contributed by atoms with Crippen LogP contribution in [-0.4, -0.2) is 35.0 Å². The van der Waals surface area contributed by atoms with Crippen LogP contribution in [0.2, 0.25) is 0 Å². The molecule has 0 aliphatic heterocycles. The van der Waals surface area contributed by atoms with E-state index in [1.165, 1.54) is 9.47 Å². The molecule has 7 nitrogen and oxygen atoms in total. The second-order valence-corrected chi connectivity index (χ2v) is 6.24. The Labute approximate surface area is 147 Å². The number of para-hydroxylation sites is 2. The Morgan fingerprint density at radius 2 is 2.08 bits per heavy atom. The molecule has 2 heterocycles. The number of carbonyl (C=O) groups excluding carboxylic acids is 2. The van der Waals surface area contributed by atoms with Crippen LogP contribution in [0, 0.1) is 0 Å². The first-order valence-corrected chi connectivity index (χ1v) is 8.48. The van der Waals surface area contributed by atoms with Gasteiger partial charge in [-0.2, -0.15) is 11.3 Å². The molecule has 8 heteroatoms. The van der Waals surface area contributed by atoms with Crippen molar-refractivity contribution in [3.05, 3.63) is 57.2 Å². The molecule has 1 amide bonds. The molecule has 0 fully saturated rings. The summed E-state index contributed by atoms with van der Waals surface area (Å²) in [4.78, 5) is 37.3. The van der Waals surface area contributed by atoms with Crippen LogP contribution in [0.3, 0.4) is 0 Å². The van der Waals surface area contributed by atoms with E-state index >= 15 is 0 Å². The summed E-state index contributed by atoms with van der Waals surface area (Å²) < 4.78 is 11.2. The van der Waals surface area contributed by atoms with Crippen molar-refractivity contribution in [3.63, 3.8) is 0 Å². The highest BCUT2D eigenvalue weighted by Gasteiger charge is 2.16. The highest BCUT2D eigenvalue weighted by Crippen LogP contribution is 2.12. The number of rotatable bonds is 6. The summed E-state index contributed by atoms with van der Waals surface area (Å²) in [6.45, 7) is -0.229. The van der Waals surface area contributed by atoms with Gasteiger partial charge in [0.25, 0.3) is 5.91 Å². The van der Waals surface area contributed by atoms with Crippen molar-refractivity contribution in [2.24, 2.45) is 0 Å². The number of thiophene rings is 1. The van der Waals surface area contributed by atoms with Gasteiger partial charge in [-0.05, 0) is 34.5 Å². The van der Waals surface area contributed by atoms with E-state index in [2.05, 4.69) is 0 Å². The number of benzene rings is 1. The topological polar surface area (TPSA) is 81.8 Å². The summed E-state index contributed by atoms with van der Waals surface area (Å²) >= 11 is 1.55. The maximum Gasteiger partial charge on any atom is 0.420 e. The van der Waals surface area contributed by atoms with Gasteiger partial charge in [0.05, 0.1) is 5.52 Å². The van der Waals surface area contributed by atoms with Gasteiger partial charge in [-0.1, -0.05) is 12.1 Å². The Hall–Kier alpha value is -2.87. The van der Waals surface area contributed by atoms with Crippen LogP contribution in [-0.2, 0) is 27.4 Å². The van der Waals surface area contributed by atoms with Crippen LogP contribution in [0.25, 0.3) is 11.1 Å². The molecule has 3 rings (SSSR count). The molecule has 0 aliphatic rings. The first-order chi connectivity index (χ1) is 12.0. The van der Waals surface area contributed by atoms with Gasteiger partial charge in [0, 0.05) is 13.6 Å². The third-order valence-electron chi connectivity index (χ3n) is 3.64. The van der Waals surface area contributed by atoms with Crippen molar-refractivity contribution >= 4 is 34.3 Å². The second kappa shape index (κ2) is 7.35. The molecule has 0 saturated carbocycles. The van der Waals surface area contributed by atoms with Gasteiger partial charge in [0.1, 0.15) is 6.54 Å². The number of aromatic nitrogens is 1. The monoisotopic (exact) mass is 360 g/mol. The number of esters is 1. The van der Waals surface area contributed by atoms with Gasteiger partial charge in [-0.15, -0.1) is 0 Å². The average Bonchev–Trinajstić information content (AvgIpc) is 3.21. The molecule has 0 aliphatic carbocycles. The summed E-state index contributed by atoms with van der Waals surface area (Å²) in [5.41, 5.74) is 1.92. The Kier molecular flexibility index (Phi) is 4.99. The average molecular weight is 360 g/mol. The van der Waals surface area contributed by atoms with E-state index in [4.69, 9.17) is 9.15 Å². The Morgan fingerprint density at radius 1 is 1.28 bits per heavy atom. The van der Waals surface area contributed by atoms with Crippen LogP contribution < -0.4 is 5.76 Å². The van der Waals surface area contributed by atoms with Crippen molar-refractivity contribution in [1.82, 2.24) is 9.47 Å². The molecule has 3 aromatic rings. The minimum Gasteiger partial charge on any atom is -0.454 e. The molecule has 0 radical (unpaired) electrons. The van der Waals surface area contributed by atoms with Gasteiger partial charge in [0.2, 0.25) is 0 Å². The Bertz CT molecular complexity index is 942. The highest BCUT2D eigenvalue weighted by atomic mass is 32.1. The minimum absolute atomic E-state index is 0.308. The summed E-state index contributed by atoms with van der Waals surface area (Å²) in [7, 11) is 1.64. The summed E-state index contributed by atoms with van der Waals surface area (Å²) in [6.07, 6.45) is 0. The lowest BCUT2D eigenvalue weighted by atomic mass is 10.3. The zero-order valence-electron chi connectivity index (χ0n) is 13.5. The maximum atomic E-state index is 12.0. The number of fused-ring (bicyclic) bond motifs is 1. The van der Waals surface area contributed by atoms with E-state index in [9.17, 15) is 14.4 Å². The van der Waals surface area contributed by atoms with E-state index in [-0.39, 0.29) is 19.1 Å². The van der Waals surface area contributed by atoms with Crippen molar-refractivity contribution in [3.8, 4) is 0 Å². The summed E-state index contributed by atoms with van der Waals surface area (Å²) in [5.74, 6) is -1.63. The number of oxazole rings is 1. The lowest BCUT2D eigenvalue weighted by Crippen LogP contribution is -2.31. The van der Waals surface area contributed by atoms with Gasteiger partial charge in [-0.3, -0.25) is 14.2 Å². The Balaban J connectivity index is 1.56. The molecule has 0 atom stereocenters. The van der Waals surface area contributed by atoms with Crippen molar-refractivity contribution in [2.45, 2.75) is 13.1 Å². The number of ether oxygens (including phenoxy) is 1. The fourth-order valence-corrected chi connectivity index (χ4v) is 3.00. The minimum atomic E-state index is -0.675. The number of carbonyl (C=O) groups is 2. The Morgan fingerprint density at radius 3 is 2.84 bits per heavy atom. The van der Waals surface area contributed by atoms with Crippen molar-refractivity contribution < 1.29 is 18.7 Å². The third-order valence-corrected chi connectivity index (χ3v) is 4.38. The summed E-state index contributed by atoms with van der Waals surface area (Å²) in [6, 6.07) is 8.71. The van der Waals surface area contributed by atoms with Gasteiger partial charge in [-0.25, -0.2) is 4.79 Å². The van der Waals surface area contributed by atoms with Crippen LogP contribution in [0.4, 0.5) is 0 Å². The van der Waals surface area contributed by atoms with E-state index in [0.717, 1.165) is 5.56 Å². The molecule has 130 valence electrons. The number of hydrogen-bond acceptors (Lipinski definition) is 6. The smallest absolute Gasteiger partial charge is 0.420 e. The number of hydrogen-bond donors (Lipinski definition) is 0. The largest absolute Gasteiger partial charge is 0.454 e. The van der Waals surface area contributed by atoms with Gasteiger partial charge in [0.15, 0.2) is 12.2 Å². The zero-order valence-corrected chi connectivity index (χ0v) is 14.3. The third kappa shape index (κ3) is 3.97. The van der Waals surface area contributed by atoms with Gasteiger partial charge < -0.3 is 14.1 Å². The van der Waals surface area contributed by atoms with Crippen LogP contribution in [0.15, 0.2) is 50.3 Å². The fraction of sp³-hybridized carbons (Fsp3) is 0.235. The normalized spacial score (nSPS) is 10.8. The first kappa shape index (κ1) is 17.0. The molecule has 0 unspecified atom stereocenters. The standard InChI is InChI=1S/C17H16N2O5S/c1-18(8-12-6-7-25-11-12)15(20)10-23-16(21)9-19-13-4-2-3-5-14(13)24-17(19)22/h2-7,11H,8-10H2,1H3. The first-order valence-electron chi connectivity index (χ1n) is 7.53. The number of nitrogens with zero attached hydrogens (tertiary/aromatic N) is 2. The SMILES string of the molecule is CN(Cc1ccsc1)C(=O)COC(=O)Cn1c(=O)oc2ccccc21. The molecule has 0 spiro atoms. The number of amides is 1. The van der Waals surface area contributed by atoms with Crippen molar-refractivity contribution in [1.29, 1.82) is 0 Å². The second-order valence-electron chi connectivity index (χ2n) is 5.46. The summed E-state index contributed by atoms with van der Waals surface area (Å²) in [5, 5.41) is 3.88. The quantitative estimate of drug-likeness (QED) is 0.627. The lowest BCUT2D eigenvalue weighted by Gasteiger charge is -2.16. The molecular formula is C17H16N2O5S.